The first kappa shape index (κ1) is 23.2. The lowest BCUT2D eigenvalue weighted by atomic mass is 10.1. The van der Waals surface area contributed by atoms with Crippen molar-refractivity contribution in [3.8, 4) is 0 Å². The number of imidazole rings is 1. The Morgan fingerprint density at radius 1 is 0.941 bits per heavy atom. The van der Waals surface area contributed by atoms with Crippen LogP contribution in [0, 0.1) is 6.92 Å². The van der Waals surface area contributed by atoms with E-state index in [1.165, 1.54) is 0 Å². The molecule has 6 heteroatoms. The first-order chi connectivity index (χ1) is 16.6. The van der Waals surface area contributed by atoms with Gasteiger partial charge < -0.3 is 14.8 Å². The molecule has 0 radical (unpaired) electrons. The number of nitrogens with zero attached hydrogens (tertiary/aromatic N) is 3. The zero-order chi connectivity index (χ0) is 23.9. The number of likely N-dealkylation sites (N-methyl/N-ethyl adjacent to an activating group) is 1. The molecular formula is C28H30N4O2. The Balaban J connectivity index is 1.45. The van der Waals surface area contributed by atoms with Crippen molar-refractivity contribution in [2.75, 3.05) is 18.0 Å². The van der Waals surface area contributed by atoms with Gasteiger partial charge in [0.05, 0.1) is 11.0 Å². The number of aryl methyl sites for hydroxylation is 2. The standard InChI is InChI=1S/C28H30N4O2/c1-3-31(23-10-5-4-6-11-23)27(33)20-32-25-13-8-7-12-24(25)30-26(32)14-9-19-29-28(34)22-17-15-21(2)16-18-22/h4-8,10-13,15-18H,3,9,14,19-20H2,1-2H3,(H,29,34). The maximum Gasteiger partial charge on any atom is 0.251 e. The number of amides is 2. The molecule has 0 unspecified atom stereocenters. The van der Waals surface area contributed by atoms with E-state index in [9.17, 15) is 9.59 Å². The van der Waals surface area contributed by atoms with Gasteiger partial charge in [-0.05, 0) is 56.7 Å². The van der Waals surface area contributed by atoms with Gasteiger partial charge in [-0.3, -0.25) is 9.59 Å². The third-order valence-electron chi connectivity index (χ3n) is 5.89. The van der Waals surface area contributed by atoms with Crippen molar-refractivity contribution < 1.29 is 9.59 Å². The average Bonchev–Trinajstić information content (AvgIpc) is 3.20. The molecule has 1 aromatic heterocycles. The third kappa shape index (κ3) is 5.34. The van der Waals surface area contributed by atoms with Crippen molar-refractivity contribution >= 4 is 28.5 Å². The molecule has 0 saturated carbocycles. The molecule has 0 aliphatic heterocycles. The Morgan fingerprint density at radius 2 is 1.65 bits per heavy atom. The zero-order valence-corrected chi connectivity index (χ0v) is 19.7. The summed E-state index contributed by atoms with van der Waals surface area (Å²) in [6.07, 6.45) is 1.39. The summed E-state index contributed by atoms with van der Waals surface area (Å²) in [6, 6.07) is 25.1. The number of anilines is 1. The number of hydrogen-bond acceptors (Lipinski definition) is 3. The Kier molecular flexibility index (Phi) is 7.38. The maximum absolute atomic E-state index is 13.3. The predicted molar refractivity (Wildman–Crippen MR) is 136 cm³/mol. The van der Waals surface area contributed by atoms with Crippen LogP contribution in [0.3, 0.4) is 0 Å². The molecule has 0 bridgehead atoms. The number of hydrogen-bond donors (Lipinski definition) is 1. The smallest absolute Gasteiger partial charge is 0.251 e. The molecule has 4 rings (SSSR count). The first-order valence-electron chi connectivity index (χ1n) is 11.7. The fraction of sp³-hybridized carbons (Fsp3) is 0.250. The summed E-state index contributed by atoms with van der Waals surface area (Å²) in [5.41, 5.74) is 4.48. The molecule has 0 spiro atoms. The van der Waals surface area contributed by atoms with Crippen LogP contribution in [-0.4, -0.2) is 34.5 Å². The van der Waals surface area contributed by atoms with Crippen molar-refractivity contribution in [2.45, 2.75) is 33.2 Å². The van der Waals surface area contributed by atoms with Crippen LogP contribution in [-0.2, 0) is 17.8 Å². The number of benzene rings is 3. The minimum Gasteiger partial charge on any atom is -0.352 e. The van der Waals surface area contributed by atoms with Crippen molar-refractivity contribution in [1.29, 1.82) is 0 Å². The van der Waals surface area contributed by atoms with E-state index in [0.29, 0.717) is 25.1 Å². The van der Waals surface area contributed by atoms with Crippen LogP contribution in [0.2, 0.25) is 0 Å². The van der Waals surface area contributed by atoms with Crippen LogP contribution in [0.5, 0.6) is 0 Å². The van der Waals surface area contributed by atoms with Gasteiger partial charge in [-0.15, -0.1) is 0 Å². The minimum absolute atomic E-state index is 0.0192. The molecule has 6 nitrogen and oxygen atoms in total. The second-order valence-electron chi connectivity index (χ2n) is 8.30. The molecular weight excluding hydrogens is 424 g/mol. The molecule has 1 N–H and O–H groups in total. The fourth-order valence-corrected chi connectivity index (χ4v) is 4.08. The minimum atomic E-state index is -0.0786. The van der Waals surface area contributed by atoms with Crippen LogP contribution in [0.4, 0.5) is 5.69 Å². The summed E-state index contributed by atoms with van der Waals surface area (Å²) >= 11 is 0. The Labute approximate surface area is 200 Å². The Morgan fingerprint density at radius 3 is 2.38 bits per heavy atom. The molecule has 174 valence electrons. The summed E-state index contributed by atoms with van der Waals surface area (Å²) in [4.78, 5) is 32.2. The highest BCUT2D eigenvalue weighted by atomic mass is 16.2. The van der Waals surface area contributed by atoms with Gasteiger partial charge in [0.15, 0.2) is 0 Å². The second-order valence-corrected chi connectivity index (χ2v) is 8.30. The highest BCUT2D eigenvalue weighted by molar-refractivity contribution is 5.94. The molecule has 3 aromatic carbocycles. The molecule has 34 heavy (non-hydrogen) atoms. The van der Waals surface area contributed by atoms with E-state index in [1.807, 2.05) is 97.3 Å². The van der Waals surface area contributed by atoms with Gasteiger partial charge in [0.25, 0.3) is 5.91 Å². The van der Waals surface area contributed by atoms with Gasteiger partial charge in [0, 0.05) is 30.8 Å². The Hall–Kier alpha value is -3.93. The van der Waals surface area contributed by atoms with E-state index in [4.69, 9.17) is 4.98 Å². The third-order valence-corrected chi connectivity index (χ3v) is 5.89. The van der Waals surface area contributed by atoms with Gasteiger partial charge in [-0.2, -0.15) is 0 Å². The number of para-hydroxylation sites is 3. The van der Waals surface area contributed by atoms with Gasteiger partial charge in [0.1, 0.15) is 12.4 Å². The average molecular weight is 455 g/mol. The number of carbonyl (C=O) groups is 2. The predicted octanol–water partition coefficient (Wildman–Crippen LogP) is 4.76. The van der Waals surface area contributed by atoms with Gasteiger partial charge >= 0.3 is 0 Å². The monoisotopic (exact) mass is 454 g/mol. The van der Waals surface area contributed by atoms with Crippen LogP contribution in [0.1, 0.15) is 35.1 Å². The largest absolute Gasteiger partial charge is 0.352 e. The van der Waals surface area contributed by atoms with Crippen LogP contribution in [0.25, 0.3) is 11.0 Å². The van der Waals surface area contributed by atoms with Crippen molar-refractivity contribution in [2.24, 2.45) is 0 Å². The van der Waals surface area contributed by atoms with Crippen LogP contribution >= 0.6 is 0 Å². The van der Waals surface area contributed by atoms with Crippen molar-refractivity contribution in [3.63, 3.8) is 0 Å². The first-order valence-corrected chi connectivity index (χ1v) is 11.7. The molecule has 2 amide bonds. The van der Waals surface area contributed by atoms with Gasteiger partial charge in [-0.25, -0.2) is 4.98 Å². The number of aromatic nitrogens is 2. The quantitative estimate of drug-likeness (QED) is 0.371. The summed E-state index contributed by atoms with van der Waals surface area (Å²) < 4.78 is 2.01. The molecule has 0 saturated heterocycles. The van der Waals surface area contributed by atoms with Crippen LogP contribution < -0.4 is 10.2 Å². The van der Waals surface area contributed by atoms with E-state index in [1.54, 1.807) is 4.90 Å². The van der Waals surface area contributed by atoms with Crippen LogP contribution in [0.15, 0.2) is 78.9 Å². The van der Waals surface area contributed by atoms with E-state index in [2.05, 4.69) is 5.32 Å². The summed E-state index contributed by atoms with van der Waals surface area (Å²) in [5, 5.41) is 2.98. The van der Waals surface area contributed by atoms with E-state index in [0.717, 1.165) is 34.5 Å². The van der Waals surface area contributed by atoms with Crippen molar-refractivity contribution in [3.05, 3.63) is 95.8 Å². The molecule has 4 aromatic rings. The summed E-state index contributed by atoms with van der Waals surface area (Å²) in [6.45, 7) is 5.33. The maximum atomic E-state index is 13.3. The van der Waals surface area contributed by atoms with Crippen molar-refractivity contribution in [1.82, 2.24) is 14.9 Å². The number of carbonyl (C=O) groups excluding carboxylic acids is 2. The SMILES string of the molecule is CCN(C(=O)Cn1c(CCCNC(=O)c2ccc(C)cc2)nc2ccccc21)c1ccccc1. The summed E-state index contributed by atoms with van der Waals surface area (Å²) in [7, 11) is 0. The van der Waals surface area contributed by atoms with Gasteiger partial charge in [0.2, 0.25) is 5.91 Å². The highest BCUT2D eigenvalue weighted by Gasteiger charge is 2.18. The number of fused-ring (bicyclic) bond motifs is 1. The number of rotatable bonds is 9. The highest BCUT2D eigenvalue weighted by Crippen LogP contribution is 2.19. The zero-order valence-electron chi connectivity index (χ0n) is 19.7. The Bertz CT molecular complexity index is 1260. The number of nitrogens with one attached hydrogen (secondary N) is 1. The molecule has 0 aliphatic carbocycles. The molecule has 1 heterocycles. The molecule has 0 fully saturated rings. The topological polar surface area (TPSA) is 67.2 Å². The normalized spacial score (nSPS) is 10.9. The lowest BCUT2D eigenvalue weighted by Gasteiger charge is -2.22. The fourth-order valence-electron chi connectivity index (χ4n) is 4.08. The molecule has 0 atom stereocenters. The summed E-state index contributed by atoms with van der Waals surface area (Å²) in [5.74, 6) is 0.791. The van der Waals surface area contributed by atoms with Gasteiger partial charge in [-0.1, -0.05) is 48.0 Å². The van der Waals surface area contributed by atoms with E-state index >= 15 is 0 Å². The lowest BCUT2D eigenvalue weighted by Crippen LogP contribution is -2.34. The molecule has 0 aliphatic rings. The lowest BCUT2D eigenvalue weighted by molar-refractivity contribution is -0.119. The second kappa shape index (κ2) is 10.8. The van der Waals surface area contributed by atoms with E-state index in [-0.39, 0.29) is 18.4 Å². The van der Waals surface area contributed by atoms with E-state index < -0.39 is 0 Å².